The average molecular weight is 306 g/mol. The van der Waals surface area contributed by atoms with E-state index in [9.17, 15) is 4.79 Å². The molecule has 0 radical (unpaired) electrons. The van der Waals surface area contributed by atoms with E-state index in [-0.39, 0.29) is 11.9 Å². The molecule has 2 heterocycles. The van der Waals surface area contributed by atoms with E-state index in [0.29, 0.717) is 13.2 Å². The number of piperazine rings is 1. The van der Waals surface area contributed by atoms with E-state index in [2.05, 4.69) is 20.1 Å². The van der Waals surface area contributed by atoms with Crippen LogP contribution in [0, 0.1) is 0 Å². The number of aromatic nitrogens is 1. The van der Waals surface area contributed by atoms with Crippen LogP contribution in [0.2, 0.25) is 0 Å². The number of hydrogen-bond acceptors (Lipinski definition) is 5. The van der Waals surface area contributed by atoms with Gasteiger partial charge < -0.3 is 15.0 Å². The maximum absolute atomic E-state index is 12.1. The molecule has 0 spiro atoms. The number of carbonyl (C=O) groups excluding carboxylic acids is 1. The van der Waals surface area contributed by atoms with Gasteiger partial charge in [-0.1, -0.05) is 6.07 Å². The first-order valence-corrected chi connectivity index (χ1v) is 7.89. The van der Waals surface area contributed by atoms with Crippen LogP contribution in [-0.4, -0.2) is 68.3 Å². The summed E-state index contributed by atoms with van der Waals surface area (Å²) in [5, 5.41) is 2.97. The van der Waals surface area contributed by atoms with Crippen molar-refractivity contribution in [3.8, 4) is 0 Å². The van der Waals surface area contributed by atoms with Gasteiger partial charge in [0.25, 0.3) is 0 Å². The Morgan fingerprint density at radius 2 is 2.14 bits per heavy atom. The molecular weight excluding hydrogens is 280 g/mol. The molecule has 1 aliphatic heterocycles. The summed E-state index contributed by atoms with van der Waals surface area (Å²) in [6.07, 6.45) is 2.67. The van der Waals surface area contributed by atoms with E-state index in [1.807, 2.05) is 31.3 Å². The smallest absolute Gasteiger partial charge is 0.237 e. The number of hydrogen-bond donors (Lipinski definition) is 1. The number of carbonyl (C=O) groups is 1. The Morgan fingerprint density at radius 3 is 2.77 bits per heavy atom. The predicted molar refractivity (Wildman–Crippen MR) is 87.0 cm³/mol. The second kappa shape index (κ2) is 8.70. The maximum Gasteiger partial charge on any atom is 0.237 e. The minimum absolute atomic E-state index is 0.0894. The van der Waals surface area contributed by atoms with Crippen LogP contribution in [0.15, 0.2) is 24.4 Å². The highest BCUT2D eigenvalue weighted by Gasteiger charge is 2.25. The van der Waals surface area contributed by atoms with Crippen LogP contribution in [0.5, 0.6) is 0 Å². The van der Waals surface area contributed by atoms with E-state index in [4.69, 9.17) is 4.74 Å². The lowest BCUT2D eigenvalue weighted by Gasteiger charge is -2.37. The summed E-state index contributed by atoms with van der Waals surface area (Å²) < 4.78 is 4.98. The maximum atomic E-state index is 12.1. The molecule has 1 fully saturated rings. The van der Waals surface area contributed by atoms with Crippen LogP contribution in [0.3, 0.4) is 0 Å². The molecule has 1 atom stereocenters. The molecule has 1 saturated heterocycles. The van der Waals surface area contributed by atoms with Crippen LogP contribution >= 0.6 is 0 Å². The van der Waals surface area contributed by atoms with Gasteiger partial charge in [0, 0.05) is 52.6 Å². The van der Waals surface area contributed by atoms with Gasteiger partial charge in [0.05, 0.1) is 6.04 Å². The van der Waals surface area contributed by atoms with Gasteiger partial charge in [-0.05, 0) is 25.5 Å². The first-order chi connectivity index (χ1) is 10.7. The Kier molecular flexibility index (Phi) is 6.61. The van der Waals surface area contributed by atoms with E-state index in [1.165, 1.54) is 0 Å². The Morgan fingerprint density at radius 1 is 1.36 bits per heavy atom. The summed E-state index contributed by atoms with van der Waals surface area (Å²) in [6.45, 7) is 6.88. The topological polar surface area (TPSA) is 57.7 Å². The lowest BCUT2D eigenvalue weighted by atomic mass is 10.2. The zero-order valence-corrected chi connectivity index (χ0v) is 13.5. The van der Waals surface area contributed by atoms with Gasteiger partial charge >= 0.3 is 0 Å². The summed E-state index contributed by atoms with van der Waals surface area (Å²) in [5.41, 5.74) is 0. The van der Waals surface area contributed by atoms with Crippen molar-refractivity contribution in [2.75, 3.05) is 51.3 Å². The Bertz CT molecular complexity index is 447. The molecule has 6 nitrogen and oxygen atoms in total. The van der Waals surface area contributed by atoms with Crippen LogP contribution in [0.25, 0.3) is 0 Å². The van der Waals surface area contributed by atoms with Crippen molar-refractivity contribution in [2.24, 2.45) is 0 Å². The van der Waals surface area contributed by atoms with Crippen molar-refractivity contribution in [3.63, 3.8) is 0 Å². The van der Waals surface area contributed by atoms with Crippen molar-refractivity contribution in [1.82, 2.24) is 15.2 Å². The second-order valence-electron chi connectivity index (χ2n) is 5.52. The summed E-state index contributed by atoms with van der Waals surface area (Å²) in [4.78, 5) is 21.0. The number of methoxy groups -OCH3 is 1. The molecule has 0 bridgehead atoms. The molecule has 22 heavy (non-hydrogen) atoms. The fourth-order valence-electron chi connectivity index (χ4n) is 2.62. The van der Waals surface area contributed by atoms with Gasteiger partial charge in [-0.3, -0.25) is 9.69 Å². The Labute approximate surface area is 132 Å². The summed E-state index contributed by atoms with van der Waals surface area (Å²) >= 11 is 0. The molecule has 1 amide bonds. The molecule has 0 aromatic carbocycles. The van der Waals surface area contributed by atoms with Gasteiger partial charge in [-0.2, -0.15) is 0 Å². The van der Waals surface area contributed by atoms with Crippen LogP contribution in [0.4, 0.5) is 5.82 Å². The quantitative estimate of drug-likeness (QED) is 0.753. The average Bonchev–Trinajstić information content (AvgIpc) is 2.59. The SMILES string of the molecule is COCCCNC(=O)C(C)N1CCN(c2ccccn2)CC1. The van der Waals surface area contributed by atoms with Gasteiger partial charge in [0.15, 0.2) is 0 Å². The Hall–Kier alpha value is -1.66. The third kappa shape index (κ3) is 4.68. The minimum atomic E-state index is -0.0894. The normalized spacial score (nSPS) is 17.3. The standard InChI is InChI=1S/C16H26N4O2/c1-14(16(21)18-8-5-13-22-2)19-9-11-20(12-10-19)15-6-3-4-7-17-15/h3-4,6-7,14H,5,8-13H2,1-2H3,(H,18,21). The van der Waals surface area contributed by atoms with E-state index in [0.717, 1.165) is 38.4 Å². The molecule has 0 aliphatic carbocycles. The number of anilines is 1. The fourth-order valence-corrected chi connectivity index (χ4v) is 2.62. The lowest BCUT2D eigenvalue weighted by Crippen LogP contribution is -2.54. The molecule has 1 unspecified atom stereocenters. The van der Waals surface area contributed by atoms with E-state index >= 15 is 0 Å². The van der Waals surface area contributed by atoms with Crippen molar-refractivity contribution < 1.29 is 9.53 Å². The van der Waals surface area contributed by atoms with Crippen LogP contribution in [-0.2, 0) is 9.53 Å². The number of rotatable bonds is 7. The van der Waals surface area contributed by atoms with Crippen molar-refractivity contribution in [3.05, 3.63) is 24.4 Å². The monoisotopic (exact) mass is 306 g/mol. The largest absolute Gasteiger partial charge is 0.385 e. The highest BCUT2D eigenvalue weighted by Crippen LogP contribution is 2.14. The molecule has 1 aliphatic rings. The minimum Gasteiger partial charge on any atom is -0.385 e. The predicted octanol–water partition coefficient (Wildman–Crippen LogP) is 0.745. The van der Waals surface area contributed by atoms with Crippen molar-refractivity contribution >= 4 is 11.7 Å². The summed E-state index contributed by atoms with van der Waals surface area (Å²) in [7, 11) is 1.67. The number of ether oxygens (including phenoxy) is 1. The lowest BCUT2D eigenvalue weighted by molar-refractivity contribution is -0.126. The van der Waals surface area contributed by atoms with Gasteiger partial charge in [-0.25, -0.2) is 4.98 Å². The highest BCUT2D eigenvalue weighted by molar-refractivity contribution is 5.81. The van der Waals surface area contributed by atoms with Crippen LogP contribution < -0.4 is 10.2 Å². The molecule has 6 heteroatoms. The zero-order chi connectivity index (χ0) is 15.8. The molecule has 2 rings (SSSR count). The molecule has 1 aromatic rings. The van der Waals surface area contributed by atoms with Crippen LogP contribution in [0.1, 0.15) is 13.3 Å². The summed E-state index contributed by atoms with van der Waals surface area (Å²) in [6, 6.07) is 5.87. The van der Waals surface area contributed by atoms with E-state index in [1.54, 1.807) is 7.11 Å². The van der Waals surface area contributed by atoms with Crippen molar-refractivity contribution in [1.29, 1.82) is 0 Å². The highest BCUT2D eigenvalue weighted by atomic mass is 16.5. The zero-order valence-electron chi connectivity index (χ0n) is 13.5. The third-order valence-electron chi connectivity index (χ3n) is 4.04. The summed E-state index contributed by atoms with van der Waals surface area (Å²) in [5.74, 6) is 1.11. The molecule has 122 valence electrons. The van der Waals surface area contributed by atoms with Gasteiger partial charge in [-0.15, -0.1) is 0 Å². The van der Waals surface area contributed by atoms with Gasteiger partial charge in [0.1, 0.15) is 5.82 Å². The molecule has 1 aromatic heterocycles. The third-order valence-corrected chi connectivity index (χ3v) is 4.04. The fraction of sp³-hybridized carbons (Fsp3) is 0.625. The second-order valence-corrected chi connectivity index (χ2v) is 5.52. The first-order valence-electron chi connectivity index (χ1n) is 7.89. The molecular formula is C16H26N4O2. The van der Waals surface area contributed by atoms with E-state index < -0.39 is 0 Å². The van der Waals surface area contributed by atoms with Crippen molar-refractivity contribution in [2.45, 2.75) is 19.4 Å². The number of nitrogens with zero attached hydrogens (tertiary/aromatic N) is 3. The number of amides is 1. The number of pyridine rings is 1. The number of nitrogens with one attached hydrogen (secondary N) is 1. The molecule has 0 saturated carbocycles. The molecule has 1 N–H and O–H groups in total. The van der Waals surface area contributed by atoms with Gasteiger partial charge in [0.2, 0.25) is 5.91 Å². The first kappa shape index (κ1) is 16.7. The Balaban J connectivity index is 1.75.